The molecule has 1 aromatic heterocycles. The molecular formula is C9H12N2. The SMILES string of the molecule is CC1NCCc2ncccc21. The van der Waals surface area contributed by atoms with Crippen molar-refractivity contribution in [1.82, 2.24) is 10.3 Å². The third-order valence-electron chi connectivity index (χ3n) is 2.20. The molecule has 1 aliphatic rings. The molecule has 1 unspecified atom stereocenters. The molecule has 1 atom stereocenters. The van der Waals surface area contributed by atoms with E-state index < -0.39 is 0 Å². The maximum absolute atomic E-state index is 4.33. The van der Waals surface area contributed by atoms with Crippen molar-refractivity contribution in [3.05, 3.63) is 29.6 Å². The van der Waals surface area contributed by atoms with Gasteiger partial charge in [-0.3, -0.25) is 4.98 Å². The lowest BCUT2D eigenvalue weighted by Crippen LogP contribution is -2.28. The van der Waals surface area contributed by atoms with E-state index >= 15 is 0 Å². The van der Waals surface area contributed by atoms with E-state index in [0.29, 0.717) is 6.04 Å². The van der Waals surface area contributed by atoms with Crippen molar-refractivity contribution in [3.63, 3.8) is 0 Å². The van der Waals surface area contributed by atoms with Crippen molar-refractivity contribution >= 4 is 0 Å². The summed E-state index contributed by atoms with van der Waals surface area (Å²) in [4.78, 5) is 4.33. The Balaban J connectivity index is 2.44. The molecule has 2 heteroatoms. The van der Waals surface area contributed by atoms with Gasteiger partial charge in [-0.05, 0) is 18.6 Å². The van der Waals surface area contributed by atoms with Crippen molar-refractivity contribution in [2.75, 3.05) is 6.54 Å². The maximum atomic E-state index is 4.33. The van der Waals surface area contributed by atoms with Crippen LogP contribution in [0.5, 0.6) is 0 Å². The Kier molecular flexibility index (Phi) is 1.62. The Hall–Kier alpha value is -0.890. The van der Waals surface area contributed by atoms with E-state index in [-0.39, 0.29) is 0 Å². The molecule has 0 saturated heterocycles. The van der Waals surface area contributed by atoms with Gasteiger partial charge in [0.05, 0.1) is 0 Å². The van der Waals surface area contributed by atoms with E-state index in [9.17, 15) is 0 Å². The number of fused-ring (bicyclic) bond motifs is 1. The van der Waals surface area contributed by atoms with Crippen molar-refractivity contribution < 1.29 is 0 Å². The number of hydrogen-bond acceptors (Lipinski definition) is 2. The zero-order chi connectivity index (χ0) is 7.68. The molecule has 2 rings (SSSR count). The molecule has 0 spiro atoms. The summed E-state index contributed by atoms with van der Waals surface area (Å²) in [6, 6.07) is 4.63. The van der Waals surface area contributed by atoms with Crippen LogP contribution >= 0.6 is 0 Å². The number of nitrogens with zero attached hydrogens (tertiary/aromatic N) is 1. The van der Waals surface area contributed by atoms with Crippen molar-refractivity contribution in [2.24, 2.45) is 0 Å². The highest BCUT2D eigenvalue weighted by Gasteiger charge is 2.14. The Morgan fingerprint density at radius 1 is 1.64 bits per heavy atom. The highest BCUT2D eigenvalue weighted by atomic mass is 14.9. The van der Waals surface area contributed by atoms with Crippen molar-refractivity contribution in [2.45, 2.75) is 19.4 Å². The molecule has 0 radical (unpaired) electrons. The maximum Gasteiger partial charge on any atom is 0.0463 e. The van der Waals surface area contributed by atoms with Crippen LogP contribution in [-0.2, 0) is 6.42 Å². The number of hydrogen-bond donors (Lipinski definition) is 1. The average molecular weight is 148 g/mol. The van der Waals surface area contributed by atoms with Crippen LogP contribution in [0.2, 0.25) is 0 Å². The smallest absolute Gasteiger partial charge is 0.0463 e. The predicted octanol–water partition coefficient (Wildman–Crippen LogP) is 1.29. The molecule has 1 aliphatic heterocycles. The molecule has 58 valence electrons. The van der Waals surface area contributed by atoms with Crippen LogP contribution in [0, 0.1) is 0 Å². The molecule has 0 fully saturated rings. The first-order valence-corrected chi connectivity index (χ1v) is 4.05. The Bertz CT molecular complexity index is 257. The molecule has 0 bridgehead atoms. The summed E-state index contributed by atoms with van der Waals surface area (Å²) in [7, 11) is 0. The second-order valence-corrected chi connectivity index (χ2v) is 2.97. The van der Waals surface area contributed by atoms with Crippen LogP contribution in [0.4, 0.5) is 0 Å². The van der Waals surface area contributed by atoms with Gasteiger partial charge in [-0.1, -0.05) is 6.07 Å². The van der Waals surface area contributed by atoms with E-state index in [0.717, 1.165) is 13.0 Å². The summed E-state index contributed by atoms with van der Waals surface area (Å²) in [5.74, 6) is 0. The van der Waals surface area contributed by atoms with Gasteiger partial charge < -0.3 is 5.32 Å². The number of rotatable bonds is 0. The summed E-state index contributed by atoms with van der Waals surface area (Å²) in [5, 5.41) is 3.40. The highest BCUT2D eigenvalue weighted by Crippen LogP contribution is 2.19. The van der Waals surface area contributed by atoms with Crippen molar-refractivity contribution in [3.8, 4) is 0 Å². The van der Waals surface area contributed by atoms with E-state index in [1.165, 1.54) is 11.3 Å². The fraction of sp³-hybridized carbons (Fsp3) is 0.444. The van der Waals surface area contributed by atoms with E-state index in [2.05, 4.69) is 23.3 Å². The van der Waals surface area contributed by atoms with Gasteiger partial charge in [-0.15, -0.1) is 0 Å². The monoisotopic (exact) mass is 148 g/mol. The lowest BCUT2D eigenvalue weighted by molar-refractivity contribution is 0.532. The summed E-state index contributed by atoms with van der Waals surface area (Å²) >= 11 is 0. The van der Waals surface area contributed by atoms with Gasteiger partial charge in [0.15, 0.2) is 0 Å². The third kappa shape index (κ3) is 1.14. The van der Waals surface area contributed by atoms with E-state index in [1.807, 2.05) is 12.3 Å². The molecular weight excluding hydrogens is 136 g/mol. The molecule has 0 aromatic carbocycles. The first kappa shape index (κ1) is 6.80. The van der Waals surface area contributed by atoms with Crippen LogP contribution in [0.15, 0.2) is 18.3 Å². The molecule has 2 heterocycles. The van der Waals surface area contributed by atoms with Gasteiger partial charge in [0, 0.05) is 30.9 Å². The molecule has 1 aromatic rings. The fourth-order valence-corrected chi connectivity index (χ4v) is 1.57. The Morgan fingerprint density at radius 3 is 3.36 bits per heavy atom. The largest absolute Gasteiger partial charge is 0.310 e. The van der Waals surface area contributed by atoms with E-state index in [1.54, 1.807) is 0 Å². The minimum absolute atomic E-state index is 0.479. The number of pyridine rings is 1. The lowest BCUT2D eigenvalue weighted by atomic mass is 10.0. The van der Waals surface area contributed by atoms with Gasteiger partial charge >= 0.3 is 0 Å². The summed E-state index contributed by atoms with van der Waals surface area (Å²) in [6.45, 7) is 3.24. The average Bonchev–Trinajstić information content (AvgIpc) is 2.06. The van der Waals surface area contributed by atoms with E-state index in [4.69, 9.17) is 0 Å². The molecule has 0 aliphatic carbocycles. The Morgan fingerprint density at radius 2 is 2.55 bits per heavy atom. The highest BCUT2D eigenvalue weighted by molar-refractivity contribution is 5.25. The minimum atomic E-state index is 0.479. The number of nitrogens with one attached hydrogen (secondary N) is 1. The third-order valence-corrected chi connectivity index (χ3v) is 2.20. The topological polar surface area (TPSA) is 24.9 Å². The van der Waals surface area contributed by atoms with Crippen LogP contribution < -0.4 is 5.32 Å². The van der Waals surface area contributed by atoms with Gasteiger partial charge in [0.1, 0.15) is 0 Å². The predicted molar refractivity (Wildman–Crippen MR) is 44.4 cm³/mol. The van der Waals surface area contributed by atoms with Gasteiger partial charge in [0.2, 0.25) is 0 Å². The molecule has 0 amide bonds. The second-order valence-electron chi connectivity index (χ2n) is 2.97. The second kappa shape index (κ2) is 2.62. The quantitative estimate of drug-likeness (QED) is 0.599. The normalized spacial score (nSPS) is 22.8. The van der Waals surface area contributed by atoms with Crippen LogP contribution in [0.25, 0.3) is 0 Å². The Labute approximate surface area is 66.7 Å². The van der Waals surface area contributed by atoms with Gasteiger partial charge in [-0.2, -0.15) is 0 Å². The number of aromatic nitrogens is 1. The van der Waals surface area contributed by atoms with Gasteiger partial charge in [-0.25, -0.2) is 0 Å². The molecule has 2 nitrogen and oxygen atoms in total. The first-order chi connectivity index (χ1) is 5.38. The summed E-state index contributed by atoms with van der Waals surface area (Å²) in [6.07, 6.45) is 2.94. The zero-order valence-electron chi connectivity index (χ0n) is 6.67. The summed E-state index contributed by atoms with van der Waals surface area (Å²) in [5.41, 5.74) is 2.62. The van der Waals surface area contributed by atoms with Gasteiger partial charge in [0.25, 0.3) is 0 Å². The lowest BCUT2D eigenvalue weighted by Gasteiger charge is -2.22. The molecule has 11 heavy (non-hydrogen) atoms. The molecule has 0 saturated carbocycles. The standard InChI is InChI=1S/C9H12N2/c1-7-8-3-2-5-11-9(8)4-6-10-7/h2-3,5,7,10H,4,6H2,1H3. The van der Waals surface area contributed by atoms with Crippen LogP contribution in [0.3, 0.4) is 0 Å². The van der Waals surface area contributed by atoms with Crippen LogP contribution in [0.1, 0.15) is 24.2 Å². The van der Waals surface area contributed by atoms with Crippen molar-refractivity contribution in [1.29, 1.82) is 0 Å². The van der Waals surface area contributed by atoms with Crippen LogP contribution in [-0.4, -0.2) is 11.5 Å². The zero-order valence-corrected chi connectivity index (χ0v) is 6.67. The minimum Gasteiger partial charge on any atom is -0.310 e. The fourth-order valence-electron chi connectivity index (χ4n) is 1.57. The first-order valence-electron chi connectivity index (χ1n) is 4.05. The summed E-state index contributed by atoms with van der Waals surface area (Å²) < 4.78 is 0. The molecule has 1 N–H and O–H groups in total.